The Morgan fingerprint density at radius 3 is 2.95 bits per heavy atom. The largest absolute Gasteiger partial charge is 0.481 e. The molecule has 20 heavy (non-hydrogen) atoms. The number of halogens is 1. The van der Waals surface area contributed by atoms with Gasteiger partial charge in [-0.05, 0) is 33.1 Å². The number of hydrogen-bond acceptors (Lipinski definition) is 3. The second-order valence-corrected chi connectivity index (χ2v) is 5.82. The second kappa shape index (κ2) is 6.59. The van der Waals surface area contributed by atoms with Crippen LogP contribution in [0.15, 0.2) is 0 Å². The third-order valence-corrected chi connectivity index (χ3v) is 4.53. The van der Waals surface area contributed by atoms with Gasteiger partial charge in [-0.25, -0.2) is 0 Å². The number of aliphatic carboxylic acids is 1. The Kier molecular flexibility index (Phi) is 5.05. The van der Waals surface area contributed by atoms with Crippen LogP contribution in [0.5, 0.6) is 0 Å². The van der Waals surface area contributed by atoms with Crippen LogP contribution in [0.1, 0.15) is 44.0 Å². The van der Waals surface area contributed by atoms with E-state index in [2.05, 4.69) is 10.4 Å². The van der Waals surface area contributed by atoms with Gasteiger partial charge in [-0.15, -0.1) is 0 Å². The Labute approximate surface area is 124 Å². The first-order chi connectivity index (χ1) is 9.52. The van der Waals surface area contributed by atoms with E-state index in [-0.39, 0.29) is 12.0 Å². The standard InChI is InChI=1S/C14H22ClN3O2/c1-3-18-12(13(15)9(2)17-18)8-16-11-6-4-5-10(7-11)14(19)20/h10-11,16H,3-8H2,1-2H3,(H,19,20). The Morgan fingerprint density at radius 2 is 2.30 bits per heavy atom. The molecular formula is C14H22ClN3O2. The summed E-state index contributed by atoms with van der Waals surface area (Å²) in [5.41, 5.74) is 1.83. The second-order valence-electron chi connectivity index (χ2n) is 5.44. The van der Waals surface area contributed by atoms with Crippen molar-refractivity contribution in [2.24, 2.45) is 5.92 Å². The molecule has 0 radical (unpaired) electrons. The van der Waals surface area contributed by atoms with E-state index < -0.39 is 5.97 Å². The van der Waals surface area contributed by atoms with Crippen LogP contribution in [0.4, 0.5) is 0 Å². The Balaban J connectivity index is 1.97. The maximum absolute atomic E-state index is 11.1. The van der Waals surface area contributed by atoms with E-state index in [1.165, 1.54) is 0 Å². The zero-order chi connectivity index (χ0) is 14.7. The number of carboxylic acids is 1. The van der Waals surface area contributed by atoms with Gasteiger partial charge in [0.15, 0.2) is 0 Å². The SMILES string of the molecule is CCn1nc(C)c(Cl)c1CNC1CCCC(C(=O)O)C1. The Bertz CT molecular complexity index is 487. The molecule has 0 aliphatic heterocycles. The van der Waals surface area contributed by atoms with Gasteiger partial charge in [0.25, 0.3) is 0 Å². The fourth-order valence-corrected chi connectivity index (χ4v) is 3.08. The van der Waals surface area contributed by atoms with Crippen LogP contribution >= 0.6 is 11.6 Å². The number of nitrogens with zero attached hydrogens (tertiary/aromatic N) is 2. The van der Waals surface area contributed by atoms with Crippen molar-refractivity contribution in [3.05, 3.63) is 16.4 Å². The molecule has 2 N–H and O–H groups in total. The average Bonchev–Trinajstić information content (AvgIpc) is 2.72. The van der Waals surface area contributed by atoms with E-state index in [0.29, 0.717) is 18.0 Å². The summed E-state index contributed by atoms with van der Waals surface area (Å²) in [5.74, 6) is -0.890. The first-order valence-corrected chi connectivity index (χ1v) is 7.58. The molecule has 112 valence electrons. The minimum atomic E-state index is -0.677. The molecule has 0 bridgehead atoms. The molecule has 1 heterocycles. The summed E-state index contributed by atoms with van der Waals surface area (Å²) in [6, 6.07) is 0.251. The fraction of sp³-hybridized carbons (Fsp3) is 0.714. The maximum Gasteiger partial charge on any atom is 0.306 e. The van der Waals surface area contributed by atoms with E-state index in [1.807, 2.05) is 18.5 Å². The molecule has 0 amide bonds. The lowest BCUT2D eigenvalue weighted by molar-refractivity contribution is -0.143. The molecule has 2 unspecified atom stereocenters. The van der Waals surface area contributed by atoms with Crippen molar-refractivity contribution in [1.82, 2.24) is 15.1 Å². The molecule has 1 saturated carbocycles. The lowest BCUT2D eigenvalue weighted by atomic mass is 9.86. The lowest BCUT2D eigenvalue weighted by Crippen LogP contribution is -2.36. The topological polar surface area (TPSA) is 67.2 Å². The molecule has 1 aromatic rings. The third-order valence-electron chi connectivity index (χ3n) is 4.03. The smallest absolute Gasteiger partial charge is 0.306 e. The zero-order valence-electron chi connectivity index (χ0n) is 12.0. The molecule has 6 heteroatoms. The highest BCUT2D eigenvalue weighted by Gasteiger charge is 2.27. The Morgan fingerprint density at radius 1 is 1.55 bits per heavy atom. The van der Waals surface area contributed by atoms with Crippen LogP contribution in [0.25, 0.3) is 0 Å². The van der Waals surface area contributed by atoms with Crippen LogP contribution in [-0.4, -0.2) is 26.9 Å². The summed E-state index contributed by atoms with van der Waals surface area (Å²) < 4.78 is 1.90. The number of hydrogen-bond donors (Lipinski definition) is 2. The average molecular weight is 300 g/mol. The van der Waals surface area contributed by atoms with E-state index >= 15 is 0 Å². The number of aryl methyl sites for hydroxylation is 2. The van der Waals surface area contributed by atoms with Gasteiger partial charge in [-0.2, -0.15) is 5.10 Å². The lowest BCUT2D eigenvalue weighted by Gasteiger charge is -2.27. The van der Waals surface area contributed by atoms with Gasteiger partial charge in [-0.1, -0.05) is 18.0 Å². The van der Waals surface area contributed by atoms with E-state index in [0.717, 1.165) is 37.2 Å². The fourth-order valence-electron chi connectivity index (χ4n) is 2.88. The molecule has 2 rings (SSSR count). The van der Waals surface area contributed by atoms with Crippen molar-refractivity contribution in [1.29, 1.82) is 0 Å². The van der Waals surface area contributed by atoms with Crippen LogP contribution in [-0.2, 0) is 17.9 Å². The highest BCUT2D eigenvalue weighted by atomic mass is 35.5. The summed E-state index contributed by atoms with van der Waals surface area (Å²) in [5, 5.41) is 17.7. The summed E-state index contributed by atoms with van der Waals surface area (Å²) in [7, 11) is 0. The molecule has 1 aromatic heterocycles. The first kappa shape index (κ1) is 15.3. The molecule has 1 aliphatic rings. The summed E-state index contributed by atoms with van der Waals surface area (Å²) in [4.78, 5) is 11.1. The number of rotatable bonds is 5. The predicted octanol–water partition coefficient (Wildman–Crippen LogP) is 2.60. The van der Waals surface area contributed by atoms with E-state index in [9.17, 15) is 4.79 Å². The van der Waals surface area contributed by atoms with Crippen LogP contribution < -0.4 is 5.32 Å². The van der Waals surface area contributed by atoms with Crippen LogP contribution in [0, 0.1) is 12.8 Å². The summed E-state index contributed by atoms with van der Waals surface area (Å²) >= 11 is 6.27. The van der Waals surface area contributed by atoms with Crippen molar-refractivity contribution < 1.29 is 9.90 Å². The monoisotopic (exact) mass is 299 g/mol. The number of nitrogens with one attached hydrogen (secondary N) is 1. The zero-order valence-corrected chi connectivity index (χ0v) is 12.8. The van der Waals surface area contributed by atoms with Crippen molar-refractivity contribution in [2.75, 3.05) is 0 Å². The van der Waals surface area contributed by atoms with Crippen LogP contribution in [0.2, 0.25) is 5.02 Å². The molecule has 0 aromatic carbocycles. The predicted molar refractivity (Wildman–Crippen MR) is 77.9 cm³/mol. The molecule has 0 spiro atoms. The maximum atomic E-state index is 11.1. The first-order valence-electron chi connectivity index (χ1n) is 7.20. The highest BCUT2D eigenvalue weighted by Crippen LogP contribution is 2.26. The summed E-state index contributed by atoms with van der Waals surface area (Å²) in [6.07, 6.45) is 3.49. The molecular weight excluding hydrogens is 278 g/mol. The third kappa shape index (κ3) is 3.33. The Hall–Kier alpha value is -1.07. The number of carboxylic acid groups (broad SMARTS) is 1. The molecule has 5 nitrogen and oxygen atoms in total. The molecule has 2 atom stereocenters. The normalized spacial score (nSPS) is 22.9. The van der Waals surface area contributed by atoms with Gasteiger partial charge >= 0.3 is 5.97 Å². The van der Waals surface area contributed by atoms with Gasteiger partial charge in [-0.3, -0.25) is 9.48 Å². The number of aromatic nitrogens is 2. The van der Waals surface area contributed by atoms with Gasteiger partial charge in [0.2, 0.25) is 0 Å². The molecule has 1 fully saturated rings. The molecule has 0 saturated heterocycles. The van der Waals surface area contributed by atoms with Gasteiger partial charge in [0, 0.05) is 19.1 Å². The minimum Gasteiger partial charge on any atom is -0.481 e. The summed E-state index contributed by atoms with van der Waals surface area (Å²) in [6.45, 7) is 5.36. The van der Waals surface area contributed by atoms with Crippen molar-refractivity contribution in [3.63, 3.8) is 0 Å². The number of carbonyl (C=O) groups is 1. The molecule has 1 aliphatic carbocycles. The highest BCUT2D eigenvalue weighted by molar-refractivity contribution is 6.31. The quantitative estimate of drug-likeness (QED) is 0.877. The van der Waals surface area contributed by atoms with Gasteiger partial charge < -0.3 is 10.4 Å². The van der Waals surface area contributed by atoms with Gasteiger partial charge in [0.1, 0.15) is 0 Å². The van der Waals surface area contributed by atoms with Gasteiger partial charge in [0.05, 0.1) is 22.3 Å². The van der Waals surface area contributed by atoms with Crippen molar-refractivity contribution in [2.45, 2.75) is 58.7 Å². The minimum absolute atomic E-state index is 0.213. The van der Waals surface area contributed by atoms with E-state index in [4.69, 9.17) is 16.7 Å². The van der Waals surface area contributed by atoms with E-state index in [1.54, 1.807) is 0 Å². The van der Waals surface area contributed by atoms with Crippen LogP contribution in [0.3, 0.4) is 0 Å². The van der Waals surface area contributed by atoms with Crippen molar-refractivity contribution in [3.8, 4) is 0 Å². The van der Waals surface area contributed by atoms with Crippen molar-refractivity contribution >= 4 is 17.6 Å².